The summed E-state index contributed by atoms with van der Waals surface area (Å²) in [5.41, 5.74) is 3.20. The third kappa shape index (κ3) is 6.58. The second kappa shape index (κ2) is 12.3. The Morgan fingerprint density at radius 2 is 1.69 bits per heavy atom. The maximum Gasteiger partial charge on any atom is 0.254 e. The van der Waals surface area contributed by atoms with E-state index in [4.69, 9.17) is 4.74 Å². The Balaban J connectivity index is 1.11. The van der Waals surface area contributed by atoms with Crippen LogP contribution in [0.25, 0.3) is 5.69 Å². The number of anilines is 2. The van der Waals surface area contributed by atoms with Gasteiger partial charge in [-0.25, -0.2) is 0 Å². The van der Waals surface area contributed by atoms with E-state index < -0.39 is 0 Å². The fourth-order valence-corrected chi connectivity index (χ4v) is 5.16. The van der Waals surface area contributed by atoms with E-state index in [0.29, 0.717) is 35.2 Å². The number of amides is 2. The molecule has 2 amide bonds. The number of tetrazole rings is 1. The second-order valence-electron chi connectivity index (χ2n) is 8.74. The fourth-order valence-electron chi connectivity index (χ4n) is 4.20. The van der Waals surface area contributed by atoms with E-state index in [1.54, 1.807) is 17.9 Å². The second-order valence-corrected chi connectivity index (χ2v) is 10.6. The minimum atomic E-state index is -0.150. The Bertz CT molecular complexity index is 1440. The van der Waals surface area contributed by atoms with Gasteiger partial charge >= 0.3 is 0 Å². The van der Waals surface area contributed by atoms with Crippen LogP contribution in [0.15, 0.2) is 82.4 Å². The molecule has 1 aromatic heterocycles. The molecule has 0 bridgehead atoms. The molecule has 1 aliphatic rings. The zero-order chi connectivity index (χ0) is 27.2. The summed E-state index contributed by atoms with van der Waals surface area (Å²) in [6.07, 6.45) is 0. The summed E-state index contributed by atoms with van der Waals surface area (Å²) >= 11 is 4.68. The van der Waals surface area contributed by atoms with Crippen molar-refractivity contribution in [1.82, 2.24) is 25.1 Å². The van der Waals surface area contributed by atoms with Crippen LogP contribution in [-0.2, 0) is 4.79 Å². The summed E-state index contributed by atoms with van der Waals surface area (Å²) in [7, 11) is 1.59. The van der Waals surface area contributed by atoms with Crippen LogP contribution < -0.4 is 15.0 Å². The molecule has 0 radical (unpaired) electrons. The quantitative estimate of drug-likeness (QED) is 0.298. The number of carbonyl (C=O) groups is 2. The van der Waals surface area contributed by atoms with Gasteiger partial charge in [0.25, 0.3) is 5.91 Å². The standard InChI is InChI=1S/C27H26BrN7O3S/c1-38-24-4-2-3-19(17-24)26(37)34-15-13-33(14-16-34)22-11-7-21(8-12-22)29-25(36)18-39-27-30-31-32-35(27)23-9-5-20(28)6-10-23/h2-12,17H,13-16,18H2,1H3,(H,29,36). The molecule has 2 heterocycles. The van der Waals surface area contributed by atoms with E-state index in [9.17, 15) is 9.59 Å². The van der Waals surface area contributed by atoms with Crippen molar-refractivity contribution in [2.45, 2.75) is 5.16 Å². The first kappa shape index (κ1) is 26.7. The Kier molecular flexibility index (Phi) is 8.42. The Morgan fingerprint density at radius 3 is 2.41 bits per heavy atom. The Morgan fingerprint density at radius 1 is 0.974 bits per heavy atom. The van der Waals surface area contributed by atoms with Gasteiger partial charge in [0, 0.05) is 47.6 Å². The first-order chi connectivity index (χ1) is 19.0. The van der Waals surface area contributed by atoms with Gasteiger partial charge in [0.1, 0.15) is 5.75 Å². The molecule has 39 heavy (non-hydrogen) atoms. The predicted octanol–water partition coefficient (Wildman–Crippen LogP) is 4.13. The Hall–Kier alpha value is -3.90. The fraction of sp³-hybridized carbons (Fsp3) is 0.222. The van der Waals surface area contributed by atoms with Crippen molar-refractivity contribution >= 4 is 50.9 Å². The van der Waals surface area contributed by atoms with Crippen LogP contribution in [0.3, 0.4) is 0 Å². The normalized spacial score (nSPS) is 13.3. The third-order valence-electron chi connectivity index (χ3n) is 6.24. The molecule has 1 saturated heterocycles. The number of rotatable bonds is 8. The van der Waals surface area contributed by atoms with E-state index in [1.165, 1.54) is 11.8 Å². The molecule has 3 aromatic carbocycles. The van der Waals surface area contributed by atoms with Gasteiger partial charge in [0.05, 0.1) is 18.6 Å². The molecular weight excluding hydrogens is 582 g/mol. The van der Waals surface area contributed by atoms with Crippen LogP contribution in [0.2, 0.25) is 0 Å². The van der Waals surface area contributed by atoms with Crippen molar-refractivity contribution in [1.29, 1.82) is 0 Å². The van der Waals surface area contributed by atoms with Gasteiger partial charge in [-0.3, -0.25) is 9.59 Å². The van der Waals surface area contributed by atoms with Crippen LogP contribution in [0.5, 0.6) is 5.75 Å². The first-order valence-corrected chi connectivity index (χ1v) is 14.0. The number of thioether (sulfide) groups is 1. The summed E-state index contributed by atoms with van der Waals surface area (Å²) < 4.78 is 7.80. The molecule has 10 nitrogen and oxygen atoms in total. The number of carbonyl (C=O) groups excluding carboxylic acids is 2. The summed E-state index contributed by atoms with van der Waals surface area (Å²) in [5.74, 6) is 0.700. The highest BCUT2D eigenvalue weighted by Crippen LogP contribution is 2.23. The molecule has 0 aliphatic carbocycles. The van der Waals surface area contributed by atoms with Gasteiger partial charge in [0.15, 0.2) is 0 Å². The minimum Gasteiger partial charge on any atom is -0.497 e. The van der Waals surface area contributed by atoms with E-state index in [1.807, 2.05) is 71.6 Å². The number of hydrogen-bond donors (Lipinski definition) is 1. The third-order valence-corrected chi connectivity index (χ3v) is 7.69. The van der Waals surface area contributed by atoms with Crippen LogP contribution in [0.4, 0.5) is 11.4 Å². The van der Waals surface area contributed by atoms with Crippen LogP contribution in [-0.4, -0.2) is 76.0 Å². The first-order valence-electron chi connectivity index (χ1n) is 12.3. The monoisotopic (exact) mass is 607 g/mol. The lowest BCUT2D eigenvalue weighted by Gasteiger charge is -2.36. The molecule has 12 heteroatoms. The lowest BCUT2D eigenvalue weighted by atomic mass is 10.1. The largest absolute Gasteiger partial charge is 0.497 e. The molecule has 0 atom stereocenters. The van der Waals surface area contributed by atoms with Crippen molar-refractivity contribution in [3.63, 3.8) is 0 Å². The van der Waals surface area contributed by atoms with E-state index >= 15 is 0 Å². The summed E-state index contributed by atoms with van der Waals surface area (Å²) in [6, 6.07) is 22.6. The molecule has 200 valence electrons. The highest BCUT2D eigenvalue weighted by atomic mass is 79.9. The van der Waals surface area contributed by atoms with E-state index in [0.717, 1.165) is 28.9 Å². The highest BCUT2D eigenvalue weighted by molar-refractivity contribution is 9.10. The smallest absolute Gasteiger partial charge is 0.254 e. The number of ether oxygens (including phenoxy) is 1. The van der Waals surface area contributed by atoms with Crippen molar-refractivity contribution in [3.05, 3.63) is 82.8 Å². The SMILES string of the molecule is COc1cccc(C(=O)N2CCN(c3ccc(NC(=O)CSc4nnnn4-c4ccc(Br)cc4)cc3)CC2)c1. The maximum absolute atomic E-state index is 12.9. The van der Waals surface area contributed by atoms with Gasteiger partial charge in [-0.2, -0.15) is 4.68 Å². The number of benzene rings is 3. The van der Waals surface area contributed by atoms with Gasteiger partial charge in [-0.15, -0.1) is 5.10 Å². The van der Waals surface area contributed by atoms with Gasteiger partial charge in [-0.1, -0.05) is 33.8 Å². The van der Waals surface area contributed by atoms with Crippen molar-refractivity contribution in [3.8, 4) is 11.4 Å². The predicted molar refractivity (Wildman–Crippen MR) is 154 cm³/mol. The lowest BCUT2D eigenvalue weighted by molar-refractivity contribution is -0.113. The van der Waals surface area contributed by atoms with E-state index in [-0.39, 0.29) is 17.6 Å². The summed E-state index contributed by atoms with van der Waals surface area (Å²) in [6.45, 7) is 2.72. The molecule has 0 unspecified atom stereocenters. The van der Waals surface area contributed by atoms with Crippen LogP contribution in [0.1, 0.15) is 10.4 Å². The number of aromatic nitrogens is 4. The lowest BCUT2D eigenvalue weighted by Crippen LogP contribution is -2.48. The molecule has 0 spiro atoms. The topological polar surface area (TPSA) is 105 Å². The highest BCUT2D eigenvalue weighted by Gasteiger charge is 2.22. The van der Waals surface area contributed by atoms with Crippen molar-refractivity contribution in [2.75, 3.05) is 49.3 Å². The molecule has 1 aliphatic heterocycles. The molecule has 0 saturated carbocycles. The molecule has 5 rings (SSSR count). The van der Waals surface area contributed by atoms with Gasteiger partial charge in [-0.05, 0) is 77.2 Å². The summed E-state index contributed by atoms with van der Waals surface area (Å²) in [4.78, 5) is 29.6. The molecule has 1 N–H and O–H groups in total. The number of halogens is 1. The molecule has 4 aromatic rings. The van der Waals surface area contributed by atoms with E-state index in [2.05, 4.69) is 41.7 Å². The van der Waals surface area contributed by atoms with Gasteiger partial charge < -0.3 is 19.9 Å². The molecular formula is C27H26BrN7O3S. The maximum atomic E-state index is 12.9. The number of piperazine rings is 1. The zero-order valence-corrected chi connectivity index (χ0v) is 23.6. The average molecular weight is 609 g/mol. The number of nitrogens with one attached hydrogen (secondary N) is 1. The zero-order valence-electron chi connectivity index (χ0n) is 21.2. The number of nitrogens with zero attached hydrogens (tertiary/aromatic N) is 6. The Labute approximate surface area is 238 Å². The van der Waals surface area contributed by atoms with Crippen LogP contribution >= 0.6 is 27.7 Å². The summed E-state index contributed by atoms with van der Waals surface area (Å²) in [5, 5.41) is 15.3. The van der Waals surface area contributed by atoms with Gasteiger partial charge in [0.2, 0.25) is 11.1 Å². The van der Waals surface area contributed by atoms with Crippen molar-refractivity contribution < 1.29 is 14.3 Å². The number of methoxy groups -OCH3 is 1. The van der Waals surface area contributed by atoms with Crippen molar-refractivity contribution in [2.24, 2.45) is 0 Å². The van der Waals surface area contributed by atoms with Crippen LogP contribution in [0, 0.1) is 0 Å². The molecule has 1 fully saturated rings. The minimum absolute atomic E-state index is 0.00959. The average Bonchev–Trinajstić information content (AvgIpc) is 3.45. The number of hydrogen-bond acceptors (Lipinski definition) is 8.